The molecule has 1 fully saturated rings. The fraction of sp³-hybridized carbons (Fsp3) is 0.556. The van der Waals surface area contributed by atoms with E-state index < -0.39 is 6.10 Å². The Morgan fingerprint density at radius 3 is 2.71 bits per heavy atom. The van der Waals surface area contributed by atoms with Crippen molar-refractivity contribution in [1.29, 1.82) is 0 Å². The number of hydrogen-bond acceptors (Lipinski definition) is 2. The summed E-state index contributed by atoms with van der Waals surface area (Å²) < 4.78 is 19.2. The molecule has 1 heterocycles. The Morgan fingerprint density at radius 2 is 2.05 bits per heavy atom. The molecule has 114 valence electrons. The average Bonchev–Trinajstić information content (AvgIpc) is 2.93. The molecule has 1 saturated carbocycles. The van der Waals surface area contributed by atoms with E-state index in [-0.39, 0.29) is 17.3 Å². The lowest BCUT2D eigenvalue weighted by molar-refractivity contribution is 0.0559. The van der Waals surface area contributed by atoms with Gasteiger partial charge in [-0.1, -0.05) is 44.7 Å². The molecule has 1 aliphatic rings. The van der Waals surface area contributed by atoms with Crippen LogP contribution in [0.5, 0.6) is 0 Å². The molecule has 1 unspecified atom stereocenters. The van der Waals surface area contributed by atoms with Crippen molar-refractivity contribution >= 4 is 11.0 Å². The molecule has 0 bridgehead atoms. The Balaban J connectivity index is 1.72. The average molecular weight is 290 g/mol. The van der Waals surface area contributed by atoms with Crippen molar-refractivity contribution in [3.63, 3.8) is 0 Å². The predicted molar refractivity (Wildman–Crippen MR) is 81.5 cm³/mol. The summed E-state index contributed by atoms with van der Waals surface area (Å²) >= 11 is 0. The van der Waals surface area contributed by atoms with Gasteiger partial charge in [-0.05, 0) is 36.8 Å². The third-order valence-electron chi connectivity index (χ3n) is 4.84. The lowest BCUT2D eigenvalue weighted by Gasteiger charge is -2.30. The van der Waals surface area contributed by atoms with E-state index in [1.54, 1.807) is 12.1 Å². The fourth-order valence-electron chi connectivity index (χ4n) is 3.63. The molecule has 0 saturated heterocycles. The van der Waals surface area contributed by atoms with Gasteiger partial charge < -0.3 is 9.52 Å². The Kier molecular flexibility index (Phi) is 4.29. The van der Waals surface area contributed by atoms with Crippen LogP contribution in [0, 0.1) is 17.7 Å². The second-order valence-corrected chi connectivity index (χ2v) is 6.32. The highest BCUT2D eigenvalue weighted by atomic mass is 19.1. The van der Waals surface area contributed by atoms with Crippen molar-refractivity contribution in [3.8, 4) is 0 Å². The van der Waals surface area contributed by atoms with Crippen LogP contribution in [0.1, 0.15) is 57.3 Å². The number of aliphatic hydroxyl groups is 1. The maximum absolute atomic E-state index is 13.7. The number of furan rings is 1. The van der Waals surface area contributed by atoms with Crippen LogP contribution in [-0.2, 0) is 0 Å². The standard InChI is InChI=1S/C18H23FO2/c1-2-4-12-7-9-13(10-8-12)17(20)16-11-14-5-3-6-15(19)18(14)21-16/h3,5-6,11-13,17,20H,2,4,7-10H2,1H3. The van der Waals surface area contributed by atoms with E-state index >= 15 is 0 Å². The molecule has 0 aliphatic heterocycles. The minimum atomic E-state index is -0.612. The molecule has 1 aliphatic carbocycles. The first-order valence-electron chi connectivity index (χ1n) is 8.05. The maximum Gasteiger partial charge on any atom is 0.170 e. The minimum absolute atomic E-state index is 0.238. The molecule has 2 aromatic rings. The highest BCUT2D eigenvalue weighted by Crippen LogP contribution is 2.39. The van der Waals surface area contributed by atoms with Gasteiger partial charge in [0.2, 0.25) is 0 Å². The van der Waals surface area contributed by atoms with E-state index in [0.717, 1.165) is 24.1 Å². The second-order valence-electron chi connectivity index (χ2n) is 6.32. The molecule has 1 N–H and O–H groups in total. The van der Waals surface area contributed by atoms with Gasteiger partial charge in [0.1, 0.15) is 11.9 Å². The van der Waals surface area contributed by atoms with E-state index in [0.29, 0.717) is 5.76 Å². The van der Waals surface area contributed by atoms with Gasteiger partial charge in [0.25, 0.3) is 0 Å². The van der Waals surface area contributed by atoms with Crippen molar-refractivity contribution in [1.82, 2.24) is 0 Å². The number of para-hydroxylation sites is 1. The topological polar surface area (TPSA) is 33.4 Å². The van der Waals surface area contributed by atoms with Crippen molar-refractivity contribution in [2.24, 2.45) is 11.8 Å². The summed E-state index contributed by atoms with van der Waals surface area (Å²) in [5.74, 6) is 1.19. The molecular weight excluding hydrogens is 267 g/mol. The van der Waals surface area contributed by atoms with Crippen LogP contribution in [0.4, 0.5) is 4.39 Å². The highest BCUT2D eigenvalue weighted by Gasteiger charge is 2.29. The molecule has 0 amide bonds. The zero-order valence-corrected chi connectivity index (χ0v) is 12.5. The Bertz CT molecular complexity index is 596. The van der Waals surface area contributed by atoms with Crippen LogP contribution >= 0.6 is 0 Å². The molecule has 21 heavy (non-hydrogen) atoms. The molecule has 0 spiro atoms. The number of halogens is 1. The van der Waals surface area contributed by atoms with E-state index in [1.807, 2.05) is 6.07 Å². The van der Waals surface area contributed by atoms with Crippen LogP contribution < -0.4 is 0 Å². The van der Waals surface area contributed by atoms with Crippen LogP contribution in [0.3, 0.4) is 0 Å². The van der Waals surface area contributed by atoms with E-state index in [2.05, 4.69) is 6.92 Å². The van der Waals surface area contributed by atoms with Crippen molar-refractivity contribution in [3.05, 3.63) is 35.8 Å². The zero-order chi connectivity index (χ0) is 14.8. The minimum Gasteiger partial charge on any atom is -0.455 e. The summed E-state index contributed by atoms with van der Waals surface area (Å²) in [6, 6.07) is 6.65. The third kappa shape index (κ3) is 2.98. The third-order valence-corrected chi connectivity index (χ3v) is 4.84. The van der Waals surface area contributed by atoms with E-state index in [1.165, 1.54) is 31.7 Å². The maximum atomic E-state index is 13.7. The molecule has 3 rings (SSSR count). The number of hydrogen-bond donors (Lipinski definition) is 1. The molecule has 2 nitrogen and oxygen atoms in total. The summed E-state index contributed by atoms with van der Waals surface area (Å²) in [6.45, 7) is 2.23. The quantitative estimate of drug-likeness (QED) is 0.838. The molecule has 1 aromatic heterocycles. The van der Waals surface area contributed by atoms with Gasteiger partial charge in [-0.3, -0.25) is 0 Å². The molecule has 0 radical (unpaired) electrons. The van der Waals surface area contributed by atoms with E-state index in [9.17, 15) is 9.50 Å². The van der Waals surface area contributed by atoms with Crippen LogP contribution in [0.15, 0.2) is 28.7 Å². The Morgan fingerprint density at radius 1 is 1.29 bits per heavy atom. The van der Waals surface area contributed by atoms with E-state index in [4.69, 9.17) is 4.42 Å². The summed E-state index contributed by atoms with van der Waals surface area (Å²) in [4.78, 5) is 0. The normalized spacial score (nSPS) is 24.3. The number of rotatable bonds is 4. The van der Waals surface area contributed by atoms with Gasteiger partial charge in [-0.15, -0.1) is 0 Å². The SMILES string of the molecule is CCCC1CCC(C(O)c2cc3cccc(F)c3o2)CC1. The zero-order valence-electron chi connectivity index (χ0n) is 12.5. The summed E-state index contributed by atoms with van der Waals surface area (Å²) in [6.07, 6.45) is 6.35. The smallest absolute Gasteiger partial charge is 0.170 e. The van der Waals surface area contributed by atoms with Gasteiger partial charge in [0.15, 0.2) is 11.4 Å². The largest absolute Gasteiger partial charge is 0.455 e. The number of benzene rings is 1. The molecule has 3 heteroatoms. The lowest BCUT2D eigenvalue weighted by atomic mass is 9.77. The first kappa shape index (κ1) is 14.6. The highest BCUT2D eigenvalue weighted by molar-refractivity contribution is 5.78. The summed E-state index contributed by atoms with van der Waals surface area (Å²) in [5.41, 5.74) is 0.256. The van der Waals surface area contributed by atoms with Crippen molar-refractivity contribution < 1.29 is 13.9 Å². The first-order valence-corrected chi connectivity index (χ1v) is 8.05. The van der Waals surface area contributed by atoms with Gasteiger partial charge in [-0.2, -0.15) is 0 Å². The molecule has 1 atom stereocenters. The Labute approximate surface area is 125 Å². The number of fused-ring (bicyclic) bond motifs is 1. The van der Waals surface area contributed by atoms with Gasteiger partial charge in [-0.25, -0.2) is 4.39 Å². The molecule has 1 aromatic carbocycles. The van der Waals surface area contributed by atoms with Gasteiger partial charge >= 0.3 is 0 Å². The lowest BCUT2D eigenvalue weighted by Crippen LogP contribution is -2.20. The van der Waals surface area contributed by atoms with Crippen molar-refractivity contribution in [2.45, 2.75) is 51.6 Å². The van der Waals surface area contributed by atoms with Crippen LogP contribution in [0.2, 0.25) is 0 Å². The summed E-state index contributed by atoms with van der Waals surface area (Å²) in [5, 5.41) is 11.3. The first-order chi connectivity index (χ1) is 10.2. The Hall–Kier alpha value is -1.35. The van der Waals surface area contributed by atoms with Gasteiger partial charge in [0, 0.05) is 5.39 Å². The summed E-state index contributed by atoms with van der Waals surface area (Å²) in [7, 11) is 0. The van der Waals surface area contributed by atoms with Crippen molar-refractivity contribution in [2.75, 3.05) is 0 Å². The van der Waals surface area contributed by atoms with Crippen LogP contribution in [-0.4, -0.2) is 5.11 Å². The second kappa shape index (κ2) is 6.18. The monoisotopic (exact) mass is 290 g/mol. The predicted octanol–water partition coefficient (Wildman–Crippen LogP) is 5.21. The molecular formula is C18H23FO2. The van der Waals surface area contributed by atoms with Crippen LogP contribution in [0.25, 0.3) is 11.0 Å². The van der Waals surface area contributed by atoms with Gasteiger partial charge in [0.05, 0.1) is 0 Å². The number of aliphatic hydroxyl groups excluding tert-OH is 1. The fourth-order valence-corrected chi connectivity index (χ4v) is 3.63.